The first-order valence-corrected chi connectivity index (χ1v) is 14.2. The summed E-state index contributed by atoms with van der Waals surface area (Å²) in [6.45, 7) is 2.46. The van der Waals surface area contributed by atoms with Crippen LogP contribution >= 0.6 is 11.6 Å². The number of rotatable bonds is 6. The molecule has 3 aromatic carbocycles. The van der Waals surface area contributed by atoms with E-state index in [1.165, 1.54) is 0 Å². The Morgan fingerprint density at radius 2 is 1.37 bits per heavy atom. The summed E-state index contributed by atoms with van der Waals surface area (Å²) in [5.41, 5.74) is 2.64. The van der Waals surface area contributed by atoms with E-state index in [0.717, 1.165) is 39.3 Å². The second-order valence-corrected chi connectivity index (χ2v) is 11.8. The van der Waals surface area contributed by atoms with Crippen molar-refractivity contribution in [3.63, 3.8) is 0 Å². The van der Waals surface area contributed by atoms with Gasteiger partial charge in [-0.2, -0.15) is 13.2 Å². The molecule has 3 aromatic rings. The van der Waals surface area contributed by atoms with Gasteiger partial charge in [0.25, 0.3) is 5.91 Å². The van der Waals surface area contributed by atoms with Gasteiger partial charge in [-0.1, -0.05) is 74.0 Å². The molecule has 4 aliphatic rings. The van der Waals surface area contributed by atoms with Gasteiger partial charge in [-0.15, -0.1) is 0 Å². The number of imide groups is 1. The summed E-state index contributed by atoms with van der Waals surface area (Å²) in [7, 11) is 0. The van der Waals surface area contributed by atoms with Gasteiger partial charge in [-0.25, -0.2) is 4.79 Å². The van der Waals surface area contributed by atoms with E-state index in [2.05, 4.69) is 5.32 Å². The Labute approximate surface area is 250 Å². The van der Waals surface area contributed by atoms with E-state index in [0.29, 0.717) is 6.07 Å². The molecule has 43 heavy (non-hydrogen) atoms. The molecule has 0 aromatic heterocycles. The zero-order chi connectivity index (χ0) is 30.8. The fourth-order valence-corrected chi connectivity index (χ4v) is 7.02. The van der Waals surface area contributed by atoms with E-state index in [-0.39, 0.29) is 22.5 Å². The molecule has 7 nitrogen and oxygen atoms in total. The first-order chi connectivity index (χ1) is 20.4. The highest BCUT2D eigenvalue weighted by Crippen LogP contribution is 2.61. The van der Waals surface area contributed by atoms with Gasteiger partial charge < -0.3 is 10.1 Å². The van der Waals surface area contributed by atoms with E-state index >= 15 is 0 Å². The first kappa shape index (κ1) is 28.9. The Kier molecular flexibility index (Phi) is 7.07. The summed E-state index contributed by atoms with van der Waals surface area (Å²) in [6.07, 6.45) is -4.66. The molecule has 3 amide bonds. The van der Waals surface area contributed by atoms with Gasteiger partial charge in [0, 0.05) is 11.8 Å². The third kappa shape index (κ3) is 4.68. The smallest absolute Gasteiger partial charge is 0.416 e. The lowest BCUT2D eigenvalue weighted by Gasteiger charge is -2.45. The second kappa shape index (κ2) is 10.5. The molecule has 2 bridgehead atoms. The summed E-state index contributed by atoms with van der Waals surface area (Å²) >= 11 is 5.95. The summed E-state index contributed by atoms with van der Waals surface area (Å²) in [4.78, 5) is 55.0. The first-order valence-electron chi connectivity index (χ1n) is 13.8. The van der Waals surface area contributed by atoms with Crippen molar-refractivity contribution in [1.29, 1.82) is 0 Å². The van der Waals surface area contributed by atoms with Crippen molar-refractivity contribution in [2.24, 2.45) is 17.8 Å². The third-order valence-corrected chi connectivity index (χ3v) is 8.88. The van der Waals surface area contributed by atoms with Crippen molar-refractivity contribution in [2.45, 2.75) is 37.9 Å². The Balaban J connectivity index is 1.23. The number of carbonyl (C=O) groups excluding carboxylic acids is 4. The van der Waals surface area contributed by atoms with Gasteiger partial charge in [-0.3, -0.25) is 19.3 Å². The van der Waals surface area contributed by atoms with Crippen LogP contribution in [0.3, 0.4) is 0 Å². The van der Waals surface area contributed by atoms with E-state index in [1.54, 1.807) is 13.8 Å². The number of halogens is 4. The zero-order valence-corrected chi connectivity index (χ0v) is 23.8. The van der Waals surface area contributed by atoms with Gasteiger partial charge in [0.05, 0.1) is 28.1 Å². The standard InChI is InChI=1S/C32H26ClF3N2O5/c1-15(2)28(31(42)43-14-23(39)37-22-13-16(32(34,35)36)11-12-21(22)33)38-29(40)26-24-17-7-3-4-8-18(17)25(27(26)30(38)41)20-10-6-5-9-19(20)24/h3-13,15,24-28H,14H2,1-2H3,(H,37,39)/t24?,25?,26-,27+,28-/m0/s1. The molecule has 222 valence electrons. The van der Waals surface area contributed by atoms with Crippen LogP contribution in [0.4, 0.5) is 18.9 Å². The van der Waals surface area contributed by atoms with Gasteiger partial charge in [0.1, 0.15) is 6.04 Å². The van der Waals surface area contributed by atoms with Crippen molar-refractivity contribution >= 4 is 41.0 Å². The average Bonchev–Trinajstić information content (AvgIpc) is 3.22. The molecule has 1 N–H and O–H groups in total. The van der Waals surface area contributed by atoms with Gasteiger partial charge >= 0.3 is 12.1 Å². The quantitative estimate of drug-likeness (QED) is 0.283. The third-order valence-electron chi connectivity index (χ3n) is 8.55. The normalized spacial score (nSPS) is 22.6. The van der Waals surface area contributed by atoms with Crippen molar-refractivity contribution < 1.29 is 37.1 Å². The molecule has 0 saturated carbocycles. The average molecular weight is 611 g/mol. The molecule has 11 heteroatoms. The summed E-state index contributed by atoms with van der Waals surface area (Å²) in [5.74, 6) is -5.48. The van der Waals surface area contributed by atoms with Crippen LogP contribution in [0.5, 0.6) is 0 Å². The van der Waals surface area contributed by atoms with Crippen LogP contribution in [-0.4, -0.2) is 41.2 Å². The van der Waals surface area contributed by atoms with Crippen molar-refractivity contribution in [3.05, 3.63) is 99.6 Å². The highest BCUT2D eigenvalue weighted by Gasteiger charge is 2.63. The molecule has 3 atom stereocenters. The fourth-order valence-electron chi connectivity index (χ4n) is 6.86. The van der Waals surface area contributed by atoms with E-state index in [1.807, 2.05) is 48.5 Å². The minimum absolute atomic E-state index is 0.139. The number of carbonyl (C=O) groups is 4. The molecule has 0 radical (unpaired) electrons. The molecule has 1 heterocycles. The highest BCUT2D eigenvalue weighted by molar-refractivity contribution is 6.33. The summed E-state index contributed by atoms with van der Waals surface area (Å²) in [6, 6.07) is 16.7. The molecule has 3 aliphatic carbocycles. The van der Waals surface area contributed by atoms with Crippen LogP contribution in [0.15, 0.2) is 66.7 Å². The zero-order valence-electron chi connectivity index (χ0n) is 23.0. The Hall–Kier alpha value is -4.18. The van der Waals surface area contributed by atoms with Gasteiger partial charge in [-0.05, 0) is 46.4 Å². The lowest BCUT2D eigenvalue weighted by atomic mass is 9.55. The maximum Gasteiger partial charge on any atom is 0.416 e. The van der Waals surface area contributed by atoms with Crippen molar-refractivity contribution in [3.8, 4) is 0 Å². The minimum Gasteiger partial charge on any atom is -0.454 e. The number of alkyl halides is 3. The van der Waals surface area contributed by atoms with E-state index in [9.17, 15) is 32.3 Å². The SMILES string of the molecule is CC(C)[C@@H](C(=O)OCC(=O)Nc1cc(C(F)(F)F)ccc1Cl)N1C(=O)[C@@H]2C3c4ccccc4C(c4ccccc43)[C@@H]2C1=O. The number of ether oxygens (including phenoxy) is 1. The number of benzene rings is 3. The Bertz CT molecular complexity index is 1560. The van der Waals surface area contributed by atoms with Gasteiger partial charge in [0.15, 0.2) is 6.61 Å². The number of amides is 3. The predicted octanol–water partition coefficient (Wildman–Crippen LogP) is 5.76. The van der Waals surface area contributed by atoms with Crippen molar-refractivity contribution in [1.82, 2.24) is 4.90 Å². The summed E-state index contributed by atoms with van der Waals surface area (Å²) < 4.78 is 44.5. The molecule has 0 unspecified atom stereocenters. The Morgan fingerprint density at radius 1 is 0.884 bits per heavy atom. The topological polar surface area (TPSA) is 92.8 Å². The van der Waals surface area contributed by atoms with Crippen LogP contribution in [0.1, 0.15) is 53.5 Å². The highest BCUT2D eigenvalue weighted by atomic mass is 35.5. The van der Waals surface area contributed by atoms with Crippen LogP contribution in [0, 0.1) is 17.8 Å². The van der Waals surface area contributed by atoms with Crippen LogP contribution in [0.25, 0.3) is 0 Å². The van der Waals surface area contributed by atoms with Crippen molar-refractivity contribution in [2.75, 3.05) is 11.9 Å². The van der Waals surface area contributed by atoms with Crippen LogP contribution < -0.4 is 5.32 Å². The monoisotopic (exact) mass is 610 g/mol. The molecule has 1 fully saturated rings. The molecule has 1 saturated heterocycles. The largest absolute Gasteiger partial charge is 0.454 e. The molecule has 1 aliphatic heterocycles. The Morgan fingerprint density at radius 3 is 1.81 bits per heavy atom. The van der Waals surface area contributed by atoms with E-state index < -0.39 is 65.8 Å². The number of nitrogens with zero attached hydrogens (tertiary/aromatic N) is 1. The number of hydrogen-bond acceptors (Lipinski definition) is 5. The van der Waals surface area contributed by atoms with Crippen LogP contribution in [0.2, 0.25) is 5.02 Å². The van der Waals surface area contributed by atoms with E-state index in [4.69, 9.17) is 16.3 Å². The second-order valence-electron chi connectivity index (χ2n) is 11.3. The molecular weight excluding hydrogens is 585 g/mol. The summed E-state index contributed by atoms with van der Waals surface area (Å²) in [5, 5.41) is 2.08. The maximum atomic E-state index is 14.1. The number of esters is 1. The number of nitrogens with one attached hydrogen (secondary N) is 1. The number of anilines is 1. The molecule has 7 rings (SSSR count). The number of likely N-dealkylation sites (tertiary alicyclic amines) is 1. The van der Waals surface area contributed by atoms with Gasteiger partial charge in [0.2, 0.25) is 11.8 Å². The fraction of sp³-hybridized carbons (Fsp3) is 0.312. The lowest BCUT2D eigenvalue weighted by molar-refractivity contribution is -0.162. The minimum atomic E-state index is -4.66. The predicted molar refractivity (Wildman–Crippen MR) is 150 cm³/mol. The van der Waals surface area contributed by atoms with Crippen LogP contribution in [-0.2, 0) is 30.1 Å². The lowest BCUT2D eigenvalue weighted by Crippen LogP contribution is -2.49. The number of hydrogen-bond donors (Lipinski definition) is 1. The molecular formula is C32H26ClF3N2O5. The maximum absolute atomic E-state index is 14.1. The molecule has 0 spiro atoms.